The van der Waals surface area contributed by atoms with Gasteiger partial charge < -0.3 is 10.6 Å². The van der Waals surface area contributed by atoms with E-state index in [0.717, 1.165) is 5.56 Å². The Morgan fingerprint density at radius 2 is 2.00 bits per heavy atom. The lowest BCUT2D eigenvalue weighted by molar-refractivity contribution is -0.133. The number of hydrogen-bond acceptors (Lipinski definition) is 1. The molecule has 0 amide bonds. The van der Waals surface area contributed by atoms with Crippen molar-refractivity contribution in [3.05, 3.63) is 47.5 Å². The maximum absolute atomic E-state index is 10.4. The number of aliphatic carboxylic acids is 1. The summed E-state index contributed by atoms with van der Waals surface area (Å²) in [6.07, 6.45) is 2.79. The minimum Gasteiger partial charge on any atom is -0.472 e. The molecule has 0 saturated carbocycles. The fourth-order valence-corrected chi connectivity index (χ4v) is 0.887. The lowest BCUT2D eigenvalue weighted by Gasteiger charge is -1.88. The molecular weight excluding hydrogens is 180 g/mol. The van der Waals surface area contributed by atoms with Gasteiger partial charge in [-0.25, -0.2) is 4.79 Å². The predicted molar refractivity (Wildman–Crippen MR) is 51.7 cm³/mol. The maximum Gasteiger partial charge on any atom is 0.419 e. The molecule has 0 aliphatic carbocycles. The molecule has 0 bridgehead atoms. The Hall–Kier alpha value is -2.19. The minimum absolute atomic E-state index is 0.395. The van der Waals surface area contributed by atoms with Crippen LogP contribution in [0.15, 0.2) is 36.4 Å². The van der Waals surface area contributed by atoms with Gasteiger partial charge >= 0.3 is 11.7 Å². The highest BCUT2D eigenvalue weighted by Crippen LogP contribution is 2.00. The third kappa shape index (κ3) is 2.69. The van der Waals surface area contributed by atoms with E-state index in [1.807, 2.05) is 30.3 Å². The first-order valence-corrected chi connectivity index (χ1v) is 3.92. The standard InChI is InChI=1S/C10H8N2O2/c11-12-9(10(13)14)7-6-8-4-2-1-3-5-8/h1-7H,(H,13,14). The van der Waals surface area contributed by atoms with Crippen LogP contribution < -0.4 is 0 Å². The van der Waals surface area contributed by atoms with E-state index in [2.05, 4.69) is 4.79 Å². The van der Waals surface area contributed by atoms with Crippen LogP contribution in [0.1, 0.15) is 5.56 Å². The van der Waals surface area contributed by atoms with Gasteiger partial charge in [-0.15, -0.1) is 0 Å². The summed E-state index contributed by atoms with van der Waals surface area (Å²) in [5.74, 6) is -1.26. The van der Waals surface area contributed by atoms with Crippen LogP contribution in [0, 0.1) is 0 Å². The fraction of sp³-hybridized carbons (Fsp3) is 0. The first-order valence-electron chi connectivity index (χ1n) is 3.92. The van der Waals surface area contributed by atoms with Gasteiger partial charge in [-0.1, -0.05) is 30.3 Å². The van der Waals surface area contributed by atoms with Gasteiger partial charge in [0.05, 0.1) is 0 Å². The molecule has 0 aliphatic heterocycles. The van der Waals surface area contributed by atoms with Crippen LogP contribution in [0.2, 0.25) is 0 Å². The number of carbonyl (C=O) groups is 1. The number of carboxylic acid groups (broad SMARTS) is 1. The van der Waals surface area contributed by atoms with E-state index in [-0.39, 0.29) is 0 Å². The minimum atomic E-state index is -1.26. The van der Waals surface area contributed by atoms with Crippen LogP contribution >= 0.6 is 0 Å². The zero-order chi connectivity index (χ0) is 10.4. The van der Waals surface area contributed by atoms with Crippen molar-refractivity contribution >= 4 is 17.8 Å². The lowest BCUT2D eigenvalue weighted by atomic mass is 10.2. The van der Waals surface area contributed by atoms with Crippen LogP contribution in [0.25, 0.3) is 11.6 Å². The van der Waals surface area contributed by atoms with Crippen molar-refractivity contribution < 1.29 is 14.7 Å². The molecule has 0 unspecified atom stereocenters. The molecule has 0 spiro atoms. The Morgan fingerprint density at radius 3 is 2.50 bits per heavy atom. The molecule has 0 heterocycles. The summed E-state index contributed by atoms with van der Waals surface area (Å²) in [5, 5.41) is 8.51. The van der Waals surface area contributed by atoms with Crippen molar-refractivity contribution in [2.75, 3.05) is 0 Å². The molecule has 14 heavy (non-hydrogen) atoms. The molecule has 0 radical (unpaired) electrons. The second-order valence-corrected chi connectivity index (χ2v) is 2.53. The smallest absolute Gasteiger partial charge is 0.419 e. The van der Waals surface area contributed by atoms with Crippen molar-refractivity contribution in [1.82, 2.24) is 0 Å². The zero-order valence-corrected chi connectivity index (χ0v) is 7.29. The van der Waals surface area contributed by atoms with E-state index < -0.39 is 11.7 Å². The second kappa shape index (κ2) is 4.74. The van der Waals surface area contributed by atoms with Gasteiger partial charge in [0.1, 0.15) is 0 Å². The number of benzene rings is 1. The molecule has 1 aromatic carbocycles. The Bertz CT molecular complexity index is 403. The molecule has 0 saturated heterocycles. The second-order valence-electron chi connectivity index (χ2n) is 2.53. The van der Waals surface area contributed by atoms with Crippen molar-refractivity contribution in [2.24, 2.45) is 0 Å². The maximum atomic E-state index is 10.4. The van der Waals surface area contributed by atoms with Gasteiger partial charge in [0.2, 0.25) is 0 Å². The molecular formula is C10H8N2O2. The molecule has 0 aliphatic rings. The van der Waals surface area contributed by atoms with Gasteiger partial charge in [-0.2, -0.15) is 4.79 Å². The highest BCUT2D eigenvalue weighted by atomic mass is 16.4. The van der Waals surface area contributed by atoms with Crippen molar-refractivity contribution in [2.45, 2.75) is 0 Å². The topological polar surface area (TPSA) is 73.7 Å². The van der Waals surface area contributed by atoms with E-state index in [1.165, 1.54) is 6.08 Å². The SMILES string of the molecule is [N-]=[N+]=C(C=Cc1ccccc1)C(=O)O. The first kappa shape index (κ1) is 9.89. The van der Waals surface area contributed by atoms with E-state index in [4.69, 9.17) is 10.6 Å². The van der Waals surface area contributed by atoms with Crippen LogP contribution in [0.3, 0.4) is 0 Å². The highest BCUT2D eigenvalue weighted by Gasteiger charge is 2.12. The van der Waals surface area contributed by atoms with Gasteiger partial charge in [-0.3, -0.25) is 0 Å². The van der Waals surface area contributed by atoms with Crippen LogP contribution in [0.5, 0.6) is 0 Å². The van der Waals surface area contributed by atoms with E-state index in [9.17, 15) is 4.79 Å². The quantitative estimate of drug-likeness (QED) is 0.443. The molecule has 1 rings (SSSR count). The van der Waals surface area contributed by atoms with Crippen molar-refractivity contribution in [3.63, 3.8) is 0 Å². The van der Waals surface area contributed by atoms with E-state index in [1.54, 1.807) is 6.08 Å². The van der Waals surface area contributed by atoms with Crippen molar-refractivity contribution in [3.8, 4) is 0 Å². The summed E-state index contributed by atoms with van der Waals surface area (Å²) in [7, 11) is 0. The average Bonchev–Trinajstić information content (AvgIpc) is 2.20. The Kier molecular flexibility index (Phi) is 3.35. The van der Waals surface area contributed by atoms with E-state index >= 15 is 0 Å². The molecule has 70 valence electrons. The summed E-state index contributed by atoms with van der Waals surface area (Å²) in [5.41, 5.74) is 8.78. The third-order valence-electron chi connectivity index (χ3n) is 1.56. The van der Waals surface area contributed by atoms with Gasteiger partial charge in [-0.05, 0) is 11.6 Å². The molecule has 0 atom stereocenters. The molecule has 1 aromatic rings. The third-order valence-corrected chi connectivity index (χ3v) is 1.56. The Labute approximate surface area is 80.7 Å². The van der Waals surface area contributed by atoms with Gasteiger partial charge in [0, 0.05) is 6.08 Å². The Balaban J connectivity index is 2.84. The number of nitrogens with zero attached hydrogens (tertiary/aromatic N) is 2. The van der Waals surface area contributed by atoms with Crippen LogP contribution in [-0.4, -0.2) is 21.6 Å². The molecule has 4 heteroatoms. The number of rotatable bonds is 3. The fourth-order valence-electron chi connectivity index (χ4n) is 0.887. The molecule has 0 aromatic heterocycles. The molecule has 1 N–H and O–H groups in total. The Morgan fingerprint density at radius 1 is 1.36 bits per heavy atom. The molecule has 4 nitrogen and oxygen atoms in total. The lowest BCUT2D eigenvalue weighted by Crippen LogP contribution is -2.10. The monoisotopic (exact) mass is 188 g/mol. The van der Waals surface area contributed by atoms with E-state index in [0.29, 0.717) is 0 Å². The average molecular weight is 188 g/mol. The normalized spacial score (nSPS) is 9.71. The zero-order valence-electron chi connectivity index (χ0n) is 7.29. The van der Waals surface area contributed by atoms with Crippen molar-refractivity contribution in [1.29, 1.82) is 0 Å². The number of hydrogen-bond donors (Lipinski definition) is 1. The van der Waals surface area contributed by atoms with Gasteiger partial charge in [0.15, 0.2) is 0 Å². The van der Waals surface area contributed by atoms with Gasteiger partial charge in [0.25, 0.3) is 0 Å². The summed E-state index contributed by atoms with van der Waals surface area (Å²) in [4.78, 5) is 13.0. The largest absolute Gasteiger partial charge is 0.472 e. The summed E-state index contributed by atoms with van der Waals surface area (Å²) < 4.78 is 0. The number of carboxylic acids is 1. The molecule has 0 fully saturated rings. The predicted octanol–water partition coefficient (Wildman–Crippen LogP) is 1.46. The summed E-state index contributed by atoms with van der Waals surface area (Å²) in [6.45, 7) is 0. The highest BCUT2D eigenvalue weighted by molar-refractivity contribution is 6.38. The van der Waals surface area contributed by atoms with Crippen LogP contribution in [0.4, 0.5) is 0 Å². The summed E-state index contributed by atoms with van der Waals surface area (Å²) >= 11 is 0. The summed E-state index contributed by atoms with van der Waals surface area (Å²) in [6, 6.07) is 9.14. The first-order chi connectivity index (χ1) is 6.74. The van der Waals surface area contributed by atoms with Crippen LogP contribution in [-0.2, 0) is 4.79 Å².